The average molecular weight is 551 g/mol. The number of nitrogens with one attached hydrogen (secondary N) is 1. The van der Waals surface area contributed by atoms with Crippen molar-refractivity contribution in [1.82, 2.24) is 0 Å². The smallest absolute Gasteiger partial charge is 0.315 e. The fourth-order valence-corrected chi connectivity index (χ4v) is 3.86. The molecule has 210 valence electrons. The highest BCUT2D eigenvalue weighted by molar-refractivity contribution is 6.03. The zero-order valence-corrected chi connectivity index (χ0v) is 23.0. The average Bonchev–Trinajstić information content (AvgIpc) is 2.97. The molecule has 3 aromatic rings. The molecule has 0 unspecified atom stereocenters. The molecule has 3 rings (SSSR count). The molecule has 1 N–H and O–H groups in total. The van der Waals surface area contributed by atoms with E-state index < -0.39 is 10.8 Å². The van der Waals surface area contributed by atoms with Crippen molar-refractivity contribution < 1.29 is 38.1 Å². The Kier molecular flexibility index (Phi) is 9.95. The normalized spacial score (nSPS) is 10.8. The van der Waals surface area contributed by atoms with Crippen molar-refractivity contribution in [3.05, 3.63) is 75.3 Å². The van der Waals surface area contributed by atoms with Crippen LogP contribution < -0.4 is 33.7 Å². The van der Waals surface area contributed by atoms with Crippen LogP contribution in [0.4, 0.5) is 11.4 Å². The maximum atomic E-state index is 12.7. The number of nitro benzene ring substituents is 1. The van der Waals surface area contributed by atoms with E-state index >= 15 is 0 Å². The third-order valence-corrected chi connectivity index (χ3v) is 5.74. The lowest BCUT2D eigenvalue weighted by molar-refractivity contribution is -0.385. The second kappa shape index (κ2) is 13.6. The molecule has 11 nitrogen and oxygen atoms in total. The molecule has 1 amide bonds. The second-order valence-corrected chi connectivity index (χ2v) is 8.11. The summed E-state index contributed by atoms with van der Waals surface area (Å²) in [4.78, 5) is 23.6. The van der Waals surface area contributed by atoms with Crippen molar-refractivity contribution in [2.24, 2.45) is 0 Å². The van der Waals surface area contributed by atoms with Crippen LogP contribution in [0.15, 0.2) is 48.5 Å². The van der Waals surface area contributed by atoms with Crippen LogP contribution in [-0.2, 0) is 4.79 Å². The highest BCUT2D eigenvalue weighted by Gasteiger charge is 2.21. The van der Waals surface area contributed by atoms with E-state index in [0.29, 0.717) is 34.2 Å². The molecule has 0 aliphatic heterocycles. The first-order valence-electron chi connectivity index (χ1n) is 11.8. The van der Waals surface area contributed by atoms with Gasteiger partial charge < -0.3 is 33.7 Å². The minimum atomic E-state index is -0.583. The van der Waals surface area contributed by atoms with E-state index in [1.54, 1.807) is 26.4 Å². The van der Waals surface area contributed by atoms with Gasteiger partial charge in [-0.3, -0.25) is 14.9 Å². The maximum Gasteiger partial charge on any atom is 0.315 e. The van der Waals surface area contributed by atoms with E-state index in [-0.39, 0.29) is 17.2 Å². The quantitative estimate of drug-likeness (QED) is 0.135. The summed E-state index contributed by atoms with van der Waals surface area (Å²) < 4.78 is 31.9. The number of carbonyl (C=O) groups is 1. The maximum absolute atomic E-state index is 12.7. The van der Waals surface area contributed by atoms with Gasteiger partial charge in [0.2, 0.25) is 17.4 Å². The Balaban J connectivity index is 1.84. The predicted molar refractivity (Wildman–Crippen MR) is 152 cm³/mol. The summed E-state index contributed by atoms with van der Waals surface area (Å²) in [6, 6.07) is 11.8. The predicted octanol–water partition coefficient (Wildman–Crippen LogP) is 5.47. The summed E-state index contributed by atoms with van der Waals surface area (Å²) in [6.45, 7) is 0. The summed E-state index contributed by atoms with van der Waals surface area (Å²) in [5.74, 6) is 1.69. The van der Waals surface area contributed by atoms with Crippen LogP contribution in [0.2, 0.25) is 0 Å². The van der Waals surface area contributed by atoms with Gasteiger partial charge in [0.1, 0.15) is 5.75 Å². The SMILES string of the molecule is COc1ccc(C=Cc2cc(OC)c(OC)c(OC)c2)cc1NC(=O)/C=C/c1cc(OC)c(OC)c([N+](=O)[O-])c1. The minimum absolute atomic E-state index is 0.00441. The Morgan fingerprint density at radius 3 is 1.73 bits per heavy atom. The number of methoxy groups -OCH3 is 6. The van der Waals surface area contributed by atoms with Crippen LogP contribution in [0.1, 0.15) is 16.7 Å². The molecule has 0 saturated heterocycles. The molecule has 3 aromatic carbocycles. The lowest BCUT2D eigenvalue weighted by Gasteiger charge is -2.13. The summed E-state index contributed by atoms with van der Waals surface area (Å²) in [5, 5.41) is 14.2. The van der Waals surface area contributed by atoms with E-state index in [1.807, 2.05) is 30.4 Å². The number of amides is 1. The van der Waals surface area contributed by atoms with Gasteiger partial charge in [0, 0.05) is 12.1 Å². The molecule has 11 heteroatoms. The molecule has 0 spiro atoms. The lowest BCUT2D eigenvalue weighted by atomic mass is 10.1. The number of nitro groups is 1. The molecule has 0 atom stereocenters. The highest BCUT2D eigenvalue weighted by atomic mass is 16.6. The first-order chi connectivity index (χ1) is 19.3. The first kappa shape index (κ1) is 29.4. The van der Waals surface area contributed by atoms with Gasteiger partial charge >= 0.3 is 5.69 Å². The van der Waals surface area contributed by atoms with E-state index in [9.17, 15) is 14.9 Å². The molecule has 40 heavy (non-hydrogen) atoms. The molecule has 0 aliphatic rings. The number of hydrogen-bond donors (Lipinski definition) is 1. The summed E-state index contributed by atoms with van der Waals surface area (Å²) in [6.07, 6.45) is 6.41. The standard InChI is InChI=1S/C29H30N2O9/c1-35-23-11-9-18(7-8-20-16-25(37-3)29(40-6)26(17-20)38-4)13-21(23)30-27(32)12-10-19-14-22(31(33)34)28(39-5)24(15-19)36-2/h7-17H,1-6H3,(H,30,32)/b8-7?,12-10+. The fourth-order valence-electron chi connectivity index (χ4n) is 3.86. The topological polar surface area (TPSA) is 128 Å². The van der Waals surface area contributed by atoms with Gasteiger partial charge in [0.25, 0.3) is 0 Å². The number of rotatable bonds is 12. The van der Waals surface area contributed by atoms with Gasteiger partial charge in [-0.2, -0.15) is 0 Å². The number of ether oxygens (including phenoxy) is 6. The van der Waals surface area contributed by atoms with Gasteiger partial charge in [-0.25, -0.2) is 0 Å². The van der Waals surface area contributed by atoms with Crippen molar-refractivity contribution in [2.75, 3.05) is 48.0 Å². The van der Waals surface area contributed by atoms with Gasteiger partial charge in [-0.05, 0) is 53.1 Å². The van der Waals surface area contributed by atoms with E-state index in [0.717, 1.165) is 11.1 Å². The first-order valence-corrected chi connectivity index (χ1v) is 11.8. The summed E-state index contributed by atoms with van der Waals surface area (Å²) in [7, 11) is 8.81. The van der Waals surface area contributed by atoms with Crippen molar-refractivity contribution in [3.8, 4) is 34.5 Å². The highest BCUT2D eigenvalue weighted by Crippen LogP contribution is 2.39. The molecule has 0 aromatic heterocycles. The molecule has 0 heterocycles. The molecular formula is C29H30N2O9. The van der Waals surface area contributed by atoms with Gasteiger partial charge in [-0.1, -0.05) is 18.2 Å². The third kappa shape index (κ3) is 6.81. The zero-order valence-electron chi connectivity index (χ0n) is 23.0. The van der Waals surface area contributed by atoms with Gasteiger partial charge in [0.15, 0.2) is 17.2 Å². The van der Waals surface area contributed by atoms with Crippen LogP contribution >= 0.6 is 0 Å². The van der Waals surface area contributed by atoms with Crippen LogP contribution in [0.3, 0.4) is 0 Å². The third-order valence-electron chi connectivity index (χ3n) is 5.74. The van der Waals surface area contributed by atoms with E-state index in [1.165, 1.54) is 52.7 Å². The van der Waals surface area contributed by atoms with Crippen LogP contribution in [0.5, 0.6) is 34.5 Å². The number of nitrogens with zero attached hydrogens (tertiary/aromatic N) is 1. The number of anilines is 1. The van der Waals surface area contributed by atoms with E-state index in [4.69, 9.17) is 28.4 Å². The Hall–Kier alpha value is -5.19. The lowest BCUT2D eigenvalue weighted by Crippen LogP contribution is -2.09. The van der Waals surface area contributed by atoms with Crippen molar-refractivity contribution >= 4 is 35.5 Å². The summed E-state index contributed by atoms with van der Waals surface area (Å²) >= 11 is 0. The largest absolute Gasteiger partial charge is 0.495 e. The molecule has 0 saturated carbocycles. The second-order valence-electron chi connectivity index (χ2n) is 8.11. The van der Waals surface area contributed by atoms with Crippen molar-refractivity contribution in [1.29, 1.82) is 0 Å². The monoisotopic (exact) mass is 550 g/mol. The molecule has 0 bridgehead atoms. The minimum Gasteiger partial charge on any atom is -0.495 e. The van der Waals surface area contributed by atoms with Crippen LogP contribution in [0, 0.1) is 10.1 Å². The Labute approximate surface area is 231 Å². The summed E-state index contributed by atoms with van der Waals surface area (Å²) in [5.41, 5.74) is 2.12. The number of hydrogen-bond acceptors (Lipinski definition) is 9. The molecule has 0 fully saturated rings. The Morgan fingerprint density at radius 2 is 1.20 bits per heavy atom. The fraction of sp³-hybridized carbons (Fsp3) is 0.207. The molecule has 0 radical (unpaired) electrons. The molecule has 0 aliphatic carbocycles. The van der Waals surface area contributed by atoms with E-state index in [2.05, 4.69) is 5.32 Å². The van der Waals surface area contributed by atoms with Crippen LogP contribution in [-0.4, -0.2) is 53.5 Å². The van der Waals surface area contributed by atoms with Gasteiger partial charge in [-0.15, -0.1) is 0 Å². The van der Waals surface area contributed by atoms with Gasteiger partial charge in [0.05, 0.1) is 53.3 Å². The number of carbonyl (C=O) groups excluding carboxylic acids is 1. The van der Waals surface area contributed by atoms with Crippen molar-refractivity contribution in [3.63, 3.8) is 0 Å². The molecular weight excluding hydrogens is 520 g/mol. The van der Waals surface area contributed by atoms with Crippen molar-refractivity contribution in [2.45, 2.75) is 0 Å². The van der Waals surface area contributed by atoms with Crippen LogP contribution in [0.25, 0.3) is 18.2 Å². The zero-order chi connectivity index (χ0) is 29.2. The Morgan fingerprint density at radius 1 is 0.675 bits per heavy atom. The Bertz CT molecular complexity index is 1420. The number of benzene rings is 3.